The predicted octanol–water partition coefficient (Wildman–Crippen LogP) is 4.03. The van der Waals surface area contributed by atoms with Crippen LogP contribution in [0, 0.1) is 12.3 Å². The molecule has 0 saturated carbocycles. The number of carboxylic acid groups (broad SMARTS) is 1. The molecule has 8 heteroatoms. The van der Waals surface area contributed by atoms with E-state index in [0.29, 0.717) is 23.7 Å². The molecule has 0 atom stereocenters. The number of nitrogens with zero attached hydrogens (tertiary/aromatic N) is 1. The Morgan fingerprint density at radius 2 is 1.90 bits per heavy atom. The molecule has 2 amide bonds. The Morgan fingerprint density at radius 3 is 2.55 bits per heavy atom. The third-order valence-electron chi connectivity index (χ3n) is 4.28. The summed E-state index contributed by atoms with van der Waals surface area (Å²) in [5.41, 5.74) is 1.68. The smallest absolute Gasteiger partial charge is 0.335 e. The molecular formula is C23H19NO6S. The number of hydrogen-bond acceptors (Lipinski definition) is 6. The van der Waals surface area contributed by atoms with Crippen LogP contribution in [0.2, 0.25) is 0 Å². The summed E-state index contributed by atoms with van der Waals surface area (Å²) in [4.78, 5) is 36.5. The highest BCUT2D eigenvalue weighted by Gasteiger charge is 2.34. The number of aromatic carboxylic acids is 1. The van der Waals surface area contributed by atoms with Crippen LogP contribution in [0.1, 0.15) is 28.4 Å². The van der Waals surface area contributed by atoms with Gasteiger partial charge in [-0.05, 0) is 60.2 Å². The van der Waals surface area contributed by atoms with Crippen LogP contribution in [0.3, 0.4) is 0 Å². The number of carbonyl (C=O) groups is 3. The minimum atomic E-state index is -0.987. The molecule has 0 aromatic heterocycles. The number of amides is 2. The van der Waals surface area contributed by atoms with Gasteiger partial charge in [-0.1, -0.05) is 24.1 Å². The van der Waals surface area contributed by atoms with Crippen LogP contribution in [-0.2, 0) is 11.4 Å². The van der Waals surface area contributed by atoms with Crippen LogP contribution in [0.25, 0.3) is 6.08 Å². The number of rotatable bonds is 8. The summed E-state index contributed by atoms with van der Waals surface area (Å²) in [6.07, 6.45) is 6.82. The molecular weight excluding hydrogens is 418 g/mol. The summed E-state index contributed by atoms with van der Waals surface area (Å²) in [7, 11) is 0. The van der Waals surface area contributed by atoms with E-state index in [1.54, 1.807) is 36.4 Å². The Kier molecular flexibility index (Phi) is 7.00. The van der Waals surface area contributed by atoms with Crippen molar-refractivity contribution < 1.29 is 29.0 Å². The van der Waals surface area contributed by atoms with Gasteiger partial charge in [0.2, 0.25) is 0 Å². The van der Waals surface area contributed by atoms with E-state index in [-0.39, 0.29) is 23.6 Å². The number of imide groups is 1. The van der Waals surface area contributed by atoms with E-state index in [2.05, 4.69) is 5.92 Å². The van der Waals surface area contributed by atoms with Crippen LogP contribution in [-0.4, -0.2) is 40.3 Å². The van der Waals surface area contributed by atoms with Crippen LogP contribution in [0.5, 0.6) is 11.5 Å². The molecule has 158 valence electrons. The van der Waals surface area contributed by atoms with Crippen LogP contribution < -0.4 is 9.47 Å². The topological polar surface area (TPSA) is 93.1 Å². The molecule has 1 fully saturated rings. The molecule has 31 heavy (non-hydrogen) atoms. The molecule has 2 aromatic rings. The maximum atomic E-state index is 12.3. The van der Waals surface area contributed by atoms with Gasteiger partial charge in [0.05, 0.1) is 23.6 Å². The highest BCUT2D eigenvalue weighted by molar-refractivity contribution is 8.18. The number of thioether (sulfide) groups is 1. The Morgan fingerprint density at radius 1 is 1.16 bits per heavy atom. The lowest BCUT2D eigenvalue weighted by atomic mass is 10.1. The quantitative estimate of drug-likeness (QED) is 0.492. The lowest BCUT2D eigenvalue weighted by Gasteiger charge is -2.13. The molecule has 0 spiro atoms. The molecule has 1 saturated heterocycles. The number of carboxylic acids is 1. The number of ether oxygens (including phenoxy) is 2. The van der Waals surface area contributed by atoms with Crippen molar-refractivity contribution in [2.24, 2.45) is 0 Å². The van der Waals surface area contributed by atoms with Crippen molar-refractivity contribution in [1.29, 1.82) is 0 Å². The van der Waals surface area contributed by atoms with E-state index in [1.165, 1.54) is 12.1 Å². The van der Waals surface area contributed by atoms with Crippen molar-refractivity contribution >= 4 is 35.0 Å². The van der Waals surface area contributed by atoms with Gasteiger partial charge in [0.15, 0.2) is 11.5 Å². The normalized spacial score (nSPS) is 14.6. The van der Waals surface area contributed by atoms with Gasteiger partial charge >= 0.3 is 5.97 Å². The highest BCUT2D eigenvalue weighted by Crippen LogP contribution is 2.34. The molecule has 7 nitrogen and oxygen atoms in total. The molecule has 1 N–H and O–H groups in total. The maximum Gasteiger partial charge on any atom is 0.335 e. The van der Waals surface area contributed by atoms with Gasteiger partial charge in [-0.2, -0.15) is 0 Å². The minimum absolute atomic E-state index is 0.0631. The Labute approximate surface area is 183 Å². The fraction of sp³-hybridized carbons (Fsp3) is 0.174. The Balaban J connectivity index is 1.76. The predicted molar refractivity (Wildman–Crippen MR) is 117 cm³/mol. The fourth-order valence-electron chi connectivity index (χ4n) is 2.79. The summed E-state index contributed by atoms with van der Waals surface area (Å²) in [6, 6.07) is 11.6. The third-order valence-corrected chi connectivity index (χ3v) is 5.19. The molecule has 0 radical (unpaired) electrons. The SMILES string of the molecule is C#CCN1C(=O)S/C(=C\c2ccc(OCc3ccc(C(=O)O)cc3)c(OCC)c2)C1=O. The van der Waals surface area contributed by atoms with Gasteiger partial charge in [-0.3, -0.25) is 14.5 Å². The van der Waals surface area contributed by atoms with Gasteiger partial charge < -0.3 is 14.6 Å². The van der Waals surface area contributed by atoms with Crippen molar-refractivity contribution in [2.45, 2.75) is 13.5 Å². The lowest BCUT2D eigenvalue weighted by Crippen LogP contribution is -2.28. The average Bonchev–Trinajstić information content (AvgIpc) is 3.01. The van der Waals surface area contributed by atoms with Gasteiger partial charge in [0, 0.05) is 0 Å². The first-order valence-electron chi connectivity index (χ1n) is 9.33. The standard InChI is InChI=1S/C23H19NO6S/c1-3-11-24-21(25)20(31-23(24)28)13-16-7-10-18(19(12-16)29-4-2)30-14-15-5-8-17(9-6-15)22(26)27/h1,5-10,12-13H,4,11,14H2,2H3,(H,26,27)/b20-13-. The number of hydrogen-bond donors (Lipinski definition) is 1. The Bertz CT molecular complexity index is 1080. The number of carbonyl (C=O) groups excluding carboxylic acids is 2. The van der Waals surface area contributed by atoms with Crippen molar-refractivity contribution in [3.63, 3.8) is 0 Å². The first kappa shape index (κ1) is 22.0. The highest BCUT2D eigenvalue weighted by atomic mass is 32.2. The fourth-order valence-corrected chi connectivity index (χ4v) is 3.62. The van der Waals surface area contributed by atoms with E-state index >= 15 is 0 Å². The monoisotopic (exact) mass is 437 g/mol. The first-order chi connectivity index (χ1) is 14.9. The molecule has 1 heterocycles. The van der Waals surface area contributed by atoms with Crippen molar-refractivity contribution in [1.82, 2.24) is 4.90 Å². The van der Waals surface area contributed by atoms with E-state index < -0.39 is 17.1 Å². The second kappa shape index (κ2) is 9.87. The van der Waals surface area contributed by atoms with Crippen LogP contribution >= 0.6 is 11.8 Å². The van der Waals surface area contributed by atoms with Gasteiger partial charge in [-0.15, -0.1) is 6.42 Å². The Hall–Kier alpha value is -3.70. The zero-order chi connectivity index (χ0) is 22.4. The maximum absolute atomic E-state index is 12.3. The molecule has 0 unspecified atom stereocenters. The van der Waals surface area contributed by atoms with Crippen LogP contribution in [0.4, 0.5) is 4.79 Å². The van der Waals surface area contributed by atoms with Gasteiger partial charge in [0.25, 0.3) is 11.1 Å². The van der Waals surface area contributed by atoms with Gasteiger partial charge in [-0.25, -0.2) is 4.79 Å². The lowest BCUT2D eigenvalue weighted by molar-refractivity contribution is -0.122. The summed E-state index contributed by atoms with van der Waals surface area (Å²) in [5, 5.41) is 8.58. The minimum Gasteiger partial charge on any atom is -0.490 e. The third kappa shape index (κ3) is 5.27. The molecule has 2 aromatic carbocycles. The van der Waals surface area contributed by atoms with E-state index in [9.17, 15) is 14.4 Å². The van der Waals surface area contributed by atoms with E-state index in [4.69, 9.17) is 21.0 Å². The van der Waals surface area contributed by atoms with Crippen molar-refractivity contribution in [3.05, 3.63) is 64.1 Å². The second-order valence-corrected chi connectivity index (χ2v) is 7.40. The summed E-state index contributed by atoms with van der Waals surface area (Å²) < 4.78 is 11.5. The van der Waals surface area contributed by atoms with Crippen molar-refractivity contribution in [3.8, 4) is 23.8 Å². The summed E-state index contributed by atoms with van der Waals surface area (Å²) in [6.45, 7) is 2.41. The molecule has 0 aliphatic carbocycles. The van der Waals surface area contributed by atoms with Crippen LogP contribution in [0.15, 0.2) is 47.4 Å². The average molecular weight is 437 g/mol. The number of benzene rings is 2. The zero-order valence-corrected chi connectivity index (χ0v) is 17.5. The summed E-state index contributed by atoms with van der Waals surface area (Å²) >= 11 is 0.840. The summed E-state index contributed by atoms with van der Waals surface area (Å²) in [5.74, 6) is 1.88. The first-order valence-corrected chi connectivity index (χ1v) is 10.1. The number of terminal acetylenes is 1. The zero-order valence-electron chi connectivity index (χ0n) is 16.7. The van der Waals surface area contributed by atoms with E-state index in [0.717, 1.165) is 22.2 Å². The van der Waals surface area contributed by atoms with E-state index in [1.807, 2.05) is 6.92 Å². The largest absolute Gasteiger partial charge is 0.490 e. The molecule has 3 rings (SSSR count). The molecule has 1 aliphatic rings. The second-order valence-electron chi connectivity index (χ2n) is 6.40. The van der Waals surface area contributed by atoms with Gasteiger partial charge in [0.1, 0.15) is 6.61 Å². The molecule has 0 bridgehead atoms. The molecule has 1 aliphatic heterocycles. The van der Waals surface area contributed by atoms with Crippen molar-refractivity contribution in [2.75, 3.05) is 13.2 Å².